The first-order valence-electron chi connectivity index (χ1n) is 5.18. The number of nitrogens with one attached hydrogen (secondary N) is 1. The van der Waals surface area contributed by atoms with Crippen molar-refractivity contribution in [1.29, 1.82) is 0 Å². The van der Waals surface area contributed by atoms with Gasteiger partial charge in [-0.05, 0) is 25.1 Å². The Morgan fingerprint density at radius 1 is 1.50 bits per heavy atom. The van der Waals surface area contributed by atoms with E-state index in [0.29, 0.717) is 6.61 Å². The van der Waals surface area contributed by atoms with Crippen LogP contribution in [0.4, 0.5) is 5.69 Å². The van der Waals surface area contributed by atoms with Crippen LogP contribution < -0.4 is 5.32 Å². The van der Waals surface area contributed by atoms with E-state index in [1.807, 2.05) is 31.3 Å². The van der Waals surface area contributed by atoms with E-state index in [-0.39, 0.29) is 12.4 Å². The van der Waals surface area contributed by atoms with E-state index in [0.717, 1.165) is 11.3 Å². The molecule has 1 N–H and O–H groups in total. The average molecular weight is 217 g/mol. The second-order valence-corrected chi connectivity index (χ2v) is 3.11. The van der Waals surface area contributed by atoms with Crippen molar-refractivity contribution >= 4 is 11.7 Å². The van der Waals surface area contributed by atoms with Crippen LogP contribution in [0.15, 0.2) is 24.3 Å². The molecule has 0 aliphatic rings. The molecule has 0 unspecified atom stereocenters. The SMILES string of the molecule is CCOC(=O)CC#Cc1cccc(NC)c1. The molecule has 1 aromatic rings. The first-order valence-corrected chi connectivity index (χ1v) is 5.18. The van der Waals surface area contributed by atoms with E-state index in [1.165, 1.54) is 0 Å². The molecule has 0 aromatic heterocycles. The fraction of sp³-hybridized carbons (Fsp3) is 0.308. The predicted octanol–water partition coefficient (Wildman–Crippen LogP) is 2.03. The number of anilines is 1. The molecular formula is C13H15NO2. The van der Waals surface area contributed by atoms with Gasteiger partial charge in [0.25, 0.3) is 0 Å². The molecule has 0 radical (unpaired) electrons. The van der Waals surface area contributed by atoms with Gasteiger partial charge in [-0.15, -0.1) is 0 Å². The molecular weight excluding hydrogens is 202 g/mol. The number of carbonyl (C=O) groups is 1. The van der Waals surface area contributed by atoms with Crippen molar-refractivity contribution in [3.63, 3.8) is 0 Å². The van der Waals surface area contributed by atoms with E-state index >= 15 is 0 Å². The molecule has 0 aliphatic heterocycles. The maximum absolute atomic E-state index is 11.0. The lowest BCUT2D eigenvalue weighted by Gasteiger charge is -1.98. The lowest BCUT2D eigenvalue weighted by Crippen LogP contribution is -2.01. The van der Waals surface area contributed by atoms with Crippen LogP contribution in [-0.2, 0) is 9.53 Å². The van der Waals surface area contributed by atoms with Crippen LogP contribution in [0.25, 0.3) is 0 Å². The minimum atomic E-state index is -0.278. The third-order valence-corrected chi connectivity index (χ3v) is 1.92. The molecule has 0 aliphatic carbocycles. The smallest absolute Gasteiger partial charge is 0.317 e. The van der Waals surface area contributed by atoms with Gasteiger partial charge in [0.2, 0.25) is 0 Å². The van der Waals surface area contributed by atoms with E-state index < -0.39 is 0 Å². The molecule has 3 nitrogen and oxygen atoms in total. The zero-order chi connectivity index (χ0) is 11.8. The number of hydrogen-bond donors (Lipinski definition) is 1. The van der Waals surface area contributed by atoms with Crippen molar-refractivity contribution in [3.8, 4) is 11.8 Å². The number of esters is 1. The molecule has 0 amide bonds. The van der Waals surface area contributed by atoms with Gasteiger partial charge < -0.3 is 10.1 Å². The van der Waals surface area contributed by atoms with Gasteiger partial charge >= 0.3 is 5.97 Å². The number of hydrogen-bond acceptors (Lipinski definition) is 3. The fourth-order valence-electron chi connectivity index (χ4n) is 1.18. The second kappa shape index (κ2) is 6.52. The molecule has 0 atom stereocenters. The van der Waals surface area contributed by atoms with Gasteiger partial charge in [0.1, 0.15) is 6.42 Å². The van der Waals surface area contributed by atoms with Gasteiger partial charge in [-0.1, -0.05) is 17.9 Å². The second-order valence-electron chi connectivity index (χ2n) is 3.11. The van der Waals surface area contributed by atoms with Crippen LogP contribution in [-0.4, -0.2) is 19.6 Å². The molecule has 0 saturated heterocycles. The van der Waals surface area contributed by atoms with E-state index in [1.54, 1.807) is 6.92 Å². The molecule has 0 bridgehead atoms. The monoisotopic (exact) mass is 217 g/mol. The third kappa shape index (κ3) is 4.05. The van der Waals surface area contributed by atoms with E-state index in [4.69, 9.17) is 4.74 Å². The van der Waals surface area contributed by atoms with Gasteiger partial charge in [-0.3, -0.25) is 4.79 Å². The third-order valence-electron chi connectivity index (χ3n) is 1.92. The maximum atomic E-state index is 11.0. The highest BCUT2D eigenvalue weighted by Crippen LogP contribution is 2.08. The van der Waals surface area contributed by atoms with Gasteiger partial charge in [0.15, 0.2) is 0 Å². The summed E-state index contributed by atoms with van der Waals surface area (Å²) < 4.78 is 4.77. The highest BCUT2D eigenvalue weighted by Gasteiger charge is 1.96. The standard InChI is InChI=1S/C13H15NO2/c1-3-16-13(15)9-5-7-11-6-4-8-12(10-11)14-2/h4,6,8,10,14H,3,9H2,1-2H3. The summed E-state index contributed by atoms with van der Waals surface area (Å²) in [6, 6.07) is 7.70. The number of ether oxygens (including phenoxy) is 1. The molecule has 0 saturated carbocycles. The Hall–Kier alpha value is -1.95. The van der Waals surface area contributed by atoms with Crippen LogP contribution in [0, 0.1) is 11.8 Å². The van der Waals surface area contributed by atoms with Gasteiger partial charge in [0.05, 0.1) is 6.61 Å². The molecule has 1 rings (SSSR count). The molecule has 16 heavy (non-hydrogen) atoms. The Kier molecular flexibility index (Phi) is 4.94. The first kappa shape index (κ1) is 12.1. The summed E-state index contributed by atoms with van der Waals surface area (Å²) in [6.45, 7) is 2.18. The Labute approximate surface area is 95.8 Å². The van der Waals surface area contributed by atoms with Crippen LogP contribution in [0.3, 0.4) is 0 Å². The highest BCUT2D eigenvalue weighted by atomic mass is 16.5. The van der Waals surface area contributed by atoms with Crippen LogP contribution in [0.5, 0.6) is 0 Å². The number of rotatable bonds is 3. The number of carbonyl (C=O) groups excluding carboxylic acids is 1. The lowest BCUT2D eigenvalue weighted by atomic mass is 10.2. The largest absolute Gasteiger partial charge is 0.465 e. The van der Waals surface area contributed by atoms with Gasteiger partial charge in [-0.25, -0.2) is 0 Å². The normalized spacial score (nSPS) is 8.88. The minimum absolute atomic E-state index is 0.137. The summed E-state index contributed by atoms with van der Waals surface area (Å²) in [6.07, 6.45) is 0.137. The van der Waals surface area contributed by atoms with Gasteiger partial charge in [-0.2, -0.15) is 0 Å². The summed E-state index contributed by atoms with van der Waals surface area (Å²) in [4.78, 5) is 11.0. The summed E-state index contributed by atoms with van der Waals surface area (Å²) in [5.41, 5.74) is 1.89. The van der Waals surface area contributed by atoms with Crippen molar-refractivity contribution in [3.05, 3.63) is 29.8 Å². The topological polar surface area (TPSA) is 38.3 Å². The van der Waals surface area contributed by atoms with Crippen molar-refractivity contribution in [2.24, 2.45) is 0 Å². The average Bonchev–Trinajstić information content (AvgIpc) is 2.30. The lowest BCUT2D eigenvalue weighted by molar-refractivity contribution is -0.141. The first-order chi connectivity index (χ1) is 7.76. The summed E-state index contributed by atoms with van der Waals surface area (Å²) in [5.74, 6) is 5.43. The highest BCUT2D eigenvalue weighted by molar-refractivity contribution is 5.72. The van der Waals surface area contributed by atoms with Crippen LogP contribution in [0.2, 0.25) is 0 Å². The zero-order valence-electron chi connectivity index (χ0n) is 9.54. The van der Waals surface area contributed by atoms with E-state index in [2.05, 4.69) is 17.2 Å². The fourth-order valence-corrected chi connectivity index (χ4v) is 1.18. The summed E-state index contributed by atoms with van der Waals surface area (Å²) >= 11 is 0. The number of benzene rings is 1. The Balaban J connectivity index is 2.59. The minimum Gasteiger partial charge on any atom is -0.465 e. The van der Waals surface area contributed by atoms with Crippen molar-refractivity contribution < 1.29 is 9.53 Å². The summed E-state index contributed by atoms with van der Waals surface area (Å²) in [7, 11) is 1.85. The Bertz CT molecular complexity index is 415. The van der Waals surface area contributed by atoms with Crippen molar-refractivity contribution in [2.45, 2.75) is 13.3 Å². The molecule has 0 spiro atoms. The Morgan fingerprint density at radius 3 is 3.00 bits per heavy atom. The molecule has 3 heteroatoms. The van der Waals surface area contributed by atoms with Crippen molar-refractivity contribution in [2.75, 3.05) is 19.0 Å². The van der Waals surface area contributed by atoms with Gasteiger partial charge in [0, 0.05) is 18.3 Å². The van der Waals surface area contributed by atoms with Crippen LogP contribution >= 0.6 is 0 Å². The van der Waals surface area contributed by atoms with Crippen molar-refractivity contribution in [1.82, 2.24) is 0 Å². The molecule has 0 heterocycles. The molecule has 1 aromatic carbocycles. The Morgan fingerprint density at radius 2 is 2.31 bits per heavy atom. The van der Waals surface area contributed by atoms with Crippen LogP contribution in [0.1, 0.15) is 18.9 Å². The zero-order valence-corrected chi connectivity index (χ0v) is 9.54. The molecule has 84 valence electrons. The maximum Gasteiger partial charge on any atom is 0.317 e. The quantitative estimate of drug-likeness (QED) is 0.622. The predicted molar refractivity (Wildman–Crippen MR) is 64.1 cm³/mol. The summed E-state index contributed by atoms with van der Waals surface area (Å²) in [5, 5.41) is 3.03. The van der Waals surface area contributed by atoms with E-state index in [9.17, 15) is 4.79 Å². The molecule has 0 fully saturated rings.